The standard InChI is InChI=1S/C8H10O.C7H6F2O.C5H7F3O/c1-9-7-8-5-3-2-4-6-8;1-10-6-4-2-3-5(8)7(6)9;6-5(7,8)4-2-1-3-9-4/h2-6H,7H2,1H3;2-4H,1H3;4H,1-3H2. The molecule has 1 aliphatic heterocycles. The fourth-order valence-electron chi connectivity index (χ4n) is 2.22. The first-order valence-corrected chi connectivity index (χ1v) is 8.48. The first kappa shape index (κ1) is 23.8. The number of ether oxygens (including phenoxy) is 3. The fourth-order valence-corrected chi connectivity index (χ4v) is 2.22. The van der Waals surface area contributed by atoms with Crippen molar-refractivity contribution >= 4 is 0 Å². The molecule has 0 saturated carbocycles. The van der Waals surface area contributed by atoms with E-state index >= 15 is 0 Å². The highest BCUT2D eigenvalue weighted by atomic mass is 19.4. The summed E-state index contributed by atoms with van der Waals surface area (Å²) >= 11 is 0. The maximum Gasteiger partial charge on any atom is 0.414 e. The Morgan fingerprint density at radius 2 is 1.68 bits per heavy atom. The zero-order chi connectivity index (χ0) is 21.0. The van der Waals surface area contributed by atoms with E-state index < -0.39 is 23.9 Å². The maximum absolute atomic E-state index is 12.5. The molecule has 2 aromatic carbocycles. The van der Waals surface area contributed by atoms with Gasteiger partial charge in [-0.25, -0.2) is 4.39 Å². The maximum atomic E-state index is 12.5. The normalized spacial score (nSPS) is 15.8. The minimum Gasteiger partial charge on any atom is -0.494 e. The van der Waals surface area contributed by atoms with Crippen molar-refractivity contribution in [3.63, 3.8) is 0 Å². The summed E-state index contributed by atoms with van der Waals surface area (Å²) in [6.07, 6.45) is -4.97. The van der Waals surface area contributed by atoms with Gasteiger partial charge in [-0.3, -0.25) is 0 Å². The predicted octanol–water partition coefficient (Wildman–Crippen LogP) is 5.53. The molecule has 1 fully saturated rings. The van der Waals surface area contributed by atoms with Gasteiger partial charge < -0.3 is 14.2 Å². The molecule has 3 rings (SSSR count). The van der Waals surface area contributed by atoms with Gasteiger partial charge in [-0.1, -0.05) is 36.4 Å². The molecule has 8 heteroatoms. The summed E-state index contributed by atoms with van der Waals surface area (Å²) in [6.45, 7) is 0.963. The Balaban J connectivity index is 0.000000210. The van der Waals surface area contributed by atoms with Crippen LogP contribution in [0.2, 0.25) is 0 Å². The van der Waals surface area contributed by atoms with Crippen molar-refractivity contribution in [3.05, 3.63) is 65.7 Å². The average molecular weight is 406 g/mol. The molecule has 1 saturated heterocycles. The summed E-state index contributed by atoms with van der Waals surface area (Å²) in [6, 6.07) is 13.9. The topological polar surface area (TPSA) is 27.7 Å². The van der Waals surface area contributed by atoms with Crippen molar-refractivity contribution in [2.45, 2.75) is 31.7 Å². The van der Waals surface area contributed by atoms with Crippen LogP contribution >= 0.6 is 0 Å². The van der Waals surface area contributed by atoms with E-state index in [-0.39, 0.29) is 18.8 Å². The third-order valence-corrected chi connectivity index (χ3v) is 3.58. The number of alkyl halides is 3. The van der Waals surface area contributed by atoms with E-state index in [2.05, 4.69) is 9.47 Å². The van der Waals surface area contributed by atoms with Crippen LogP contribution in [0.5, 0.6) is 5.75 Å². The summed E-state index contributed by atoms with van der Waals surface area (Å²) in [5, 5.41) is 0. The van der Waals surface area contributed by atoms with Crippen LogP contribution in [-0.4, -0.2) is 33.1 Å². The zero-order valence-electron chi connectivity index (χ0n) is 15.6. The lowest BCUT2D eigenvalue weighted by Gasteiger charge is -2.12. The van der Waals surface area contributed by atoms with Gasteiger partial charge in [-0.2, -0.15) is 17.6 Å². The number of rotatable bonds is 3. The van der Waals surface area contributed by atoms with Crippen molar-refractivity contribution in [2.24, 2.45) is 0 Å². The van der Waals surface area contributed by atoms with E-state index in [1.54, 1.807) is 7.11 Å². The minimum absolute atomic E-state index is 0.0694. The van der Waals surface area contributed by atoms with Crippen LogP contribution in [0.25, 0.3) is 0 Å². The van der Waals surface area contributed by atoms with Gasteiger partial charge in [-0.15, -0.1) is 0 Å². The summed E-state index contributed by atoms with van der Waals surface area (Å²) in [4.78, 5) is 0. The van der Waals surface area contributed by atoms with Crippen LogP contribution < -0.4 is 4.74 Å². The van der Waals surface area contributed by atoms with E-state index in [1.807, 2.05) is 30.3 Å². The molecule has 0 amide bonds. The molecule has 0 N–H and O–H groups in total. The second-order valence-corrected chi connectivity index (χ2v) is 5.72. The quantitative estimate of drug-likeness (QED) is 0.627. The van der Waals surface area contributed by atoms with Gasteiger partial charge in [-0.05, 0) is 30.5 Å². The second kappa shape index (κ2) is 12.3. The lowest BCUT2D eigenvalue weighted by molar-refractivity contribution is -0.206. The second-order valence-electron chi connectivity index (χ2n) is 5.72. The van der Waals surface area contributed by atoms with E-state index in [4.69, 9.17) is 4.74 Å². The van der Waals surface area contributed by atoms with Crippen LogP contribution in [0, 0.1) is 11.6 Å². The zero-order valence-corrected chi connectivity index (χ0v) is 15.6. The lowest BCUT2D eigenvalue weighted by Crippen LogP contribution is -2.27. The summed E-state index contributed by atoms with van der Waals surface area (Å²) in [7, 11) is 2.99. The molecule has 0 radical (unpaired) electrons. The van der Waals surface area contributed by atoms with Crippen LogP contribution in [0.4, 0.5) is 22.0 Å². The number of hydrogen-bond donors (Lipinski definition) is 0. The Bertz CT molecular complexity index is 671. The molecule has 156 valence electrons. The summed E-state index contributed by atoms with van der Waals surface area (Å²) in [5.41, 5.74) is 1.22. The minimum atomic E-state index is -4.14. The Morgan fingerprint density at radius 1 is 1.00 bits per heavy atom. The van der Waals surface area contributed by atoms with E-state index in [1.165, 1.54) is 24.8 Å². The molecular weight excluding hydrogens is 383 g/mol. The first-order valence-electron chi connectivity index (χ1n) is 8.48. The highest BCUT2D eigenvalue weighted by Crippen LogP contribution is 2.29. The van der Waals surface area contributed by atoms with Crippen molar-refractivity contribution in [3.8, 4) is 5.75 Å². The molecule has 0 spiro atoms. The van der Waals surface area contributed by atoms with Gasteiger partial charge >= 0.3 is 6.18 Å². The predicted molar refractivity (Wildman–Crippen MR) is 95.1 cm³/mol. The molecule has 2 aromatic rings. The Kier molecular flexibility index (Phi) is 10.5. The summed E-state index contributed by atoms with van der Waals surface area (Å²) < 4.78 is 73.6. The molecular formula is C20H23F5O3. The third-order valence-electron chi connectivity index (χ3n) is 3.58. The molecule has 0 aromatic heterocycles. The van der Waals surface area contributed by atoms with Crippen molar-refractivity contribution in [1.29, 1.82) is 0 Å². The molecule has 28 heavy (non-hydrogen) atoms. The van der Waals surface area contributed by atoms with Crippen LogP contribution in [-0.2, 0) is 16.1 Å². The van der Waals surface area contributed by atoms with Crippen LogP contribution in [0.1, 0.15) is 18.4 Å². The number of benzene rings is 2. The van der Waals surface area contributed by atoms with Crippen molar-refractivity contribution in [2.75, 3.05) is 20.8 Å². The van der Waals surface area contributed by atoms with Gasteiger partial charge in [0.15, 0.2) is 17.7 Å². The largest absolute Gasteiger partial charge is 0.494 e. The fraction of sp³-hybridized carbons (Fsp3) is 0.400. The monoisotopic (exact) mass is 406 g/mol. The van der Waals surface area contributed by atoms with Crippen LogP contribution in [0.15, 0.2) is 48.5 Å². The van der Waals surface area contributed by atoms with Crippen LogP contribution in [0.3, 0.4) is 0 Å². The molecule has 1 unspecified atom stereocenters. The smallest absolute Gasteiger partial charge is 0.414 e. The highest BCUT2D eigenvalue weighted by molar-refractivity contribution is 5.24. The Morgan fingerprint density at radius 3 is 2.11 bits per heavy atom. The highest BCUT2D eigenvalue weighted by Gasteiger charge is 2.42. The molecule has 1 heterocycles. The van der Waals surface area contributed by atoms with Gasteiger partial charge in [0, 0.05) is 13.7 Å². The SMILES string of the molecule is COCc1ccccc1.COc1cccc(F)c1F.FC(F)(F)C1CCCO1. The van der Waals surface area contributed by atoms with Gasteiger partial charge in [0.25, 0.3) is 0 Å². The lowest BCUT2D eigenvalue weighted by atomic mass is 10.2. The number of methoxy groups -OCH3 is 2. The molecule has 3 nitrogen and oxygen atoms in total. The molecule has 0 bridgehead atoms. The van der Waals surface area contributed by atoms with Crippen molar-refractivity contribution in [1.82, 2.24) is 0 Å². The van der Waals surface area contributed by atoms with E-state index in [0.29, 0.717) is 13.0 Å². The van der Waals surface area contributed by atoms with E-state index in [9.17, 15) is 22.0 Å². The first-order chi connectivity index (χ1) is 13.3. The van der Waals surface area contributed by atoms with Crippen molar-refractivity contribution < 1.29 is 36.2 Å². The van der Waals surface area contributed by atoms with Gasteiger partial charge in [0.1, 0.15) is 0 Å². The van der Waals surface area contributed by atoms with Gasteiger partial charge in [0.2, 0.25) is 5.82 Å². The summed E-state index contributed by atoms with van der Waals surface area (Å²) in [5.74, 6) is -1.90. The molecule has 1 aliphatic rings. The number of hydrogen-bond acceptors (Lipinski definition) is 3. The Hall–Kier alpha value is -2.19. The third kappa shape index (κ3) is 8.67. The van der Waals surface area contributed by atoms with E-state index in [0.717, 1.165) is 6.07 Å². The molecule has 1 atom stereocenters. The average Bonchev–Trinajstić information content (AvgIpc) is 3.22. The molecule has 0 aliphatic carbocycles. The van der Waals surface area contributed by atoms with Gasteiger partial charge in [0.05, 0.1) is 13.7 Å². The number of halogens is 5. The Labute approximate surface area is 161 Å².